The minimum atomic E-state index is 0.0290. The van der Waals surface area contributed by atoms with Gasteiger partial charge in [-0.3, -0.25) is 4.79 Å². The first-order valence-corrected chi connectivity index (χ1v) is 6.93. The fourth-order valence-corrected chi connectivity index (χ4v) is 2.42. The van der Waals surface area contributed by atoms with E-state index in [2.05, 4.69) is 11.9 Å². The Morgan fingerprint density at radius 2 is 2.29 bits per heavy atom. The van der Waals surface area contributed by atoms with Gasteiger partial charge in [0.1, 0.15) is 5.69 Å². The number of carbonyl (C=O) groups is 1. The summed E-state index contributed by atoms with van der Waals surface area (Å²) in [5, 5.41) is 2.77. The minimum Gasteiger partial charge on any atom is -0.335 e. The molecule has 17 heavy (non-hydrogen) atoms. The molecule has 0 aliphatic rings. The second-order valence-corrected chi connectivity index (χ2v) is 5.20. The van der Waals surface area contributed by atoms with Crippen LogP contribution < -0.4 is 5.73 Å². The summed E-state index contributed by atoms with van der Waals surface area (Å²) >= 11 is 1.51. The van der Waals surface area contributed by atoms with Crippen LogP contribution in [0.5, 0.6) is 0 Å². The molecule has 1 aromatic heterocycles. The summed E-state index contributed by atoms with van der Waals surface area (Å²) in [7, 11) is 0. The number of rotatable bonds is 6. The van der Waals surface area contributed by atoms with Crippen molar-refractivity contribution in [3.8, 4) is 0 Å². The largest absolute Gasteiger partial charge is 0.335 e. The highest BCUT2D eigenvalue weighted by Crippen LogP contribution is 2.14. The average Bonchev–Trinajstić information content (AvgIpc) is 2.73. The molecule has 4 nitrogen and oxygen atoms in total. The molecule has 0 fully saturated rings. The van der Waals surface area contributed by atoms with Gasteiger partial charge in [-0.25, -0.2) is 4.98 Å². The quantitative estimate of drug-likeness (QED) is 0.844. The fourth-order valence-electron chi connectivity index (χ4n) is 1.63. The number of nitrogens with two attached hydrogens (primary N) is 1. The molecule has 1 aromatic rings. The maximum atomic E-state index is 12.2. The smallest absolute Gasteiger partial charge is 0.273 e. The maximum absolute atomic E-state index is 12.2. The van der Waals surface area contributed by atoms with Crippen molar-refractivity contribution in [2.45, 2.75) is 39.7 Å². The summed E-state index contributed by atoms with van der Waals surface area (Å²) in [5.41, 5.74) is 6.03. The van der Waals surface area contributed by atoms with Crippen LogP contribution in [0.3, 0.4) is 0 Å². The minimum absolute atomic E-state index is 0.0290. The van der Waals surface area contributed by atoms with Gasteiger partial charge in [0.15, 0.2) is 0 Å². The molecule has 0 spiro atoms. The SMILES string of the molecule is CCCN(C(=O)c1csc(CCN)n1)C(C)C. The predicted octanol–water partition coefficient (Wildman–Crippen LogP) is 1.90. The van der Waals surface area contributed by atoms with E-state index in [4.69, 9.17) is 5.73 Å². The summed E-state index contributed by atoms with van der Waals surface area (Å²) in [6.45, 7) is 7.48. The Morgan fingerprint density at radius 3 is 2.82 bits per heavy atom. The Bertz CT molecular complexity index is 362. The summed E-state index contributed by atoms with van der Waals surface area (Å²) in [6, 6.07) is 0.210. The Hall–Kier alpha value is -0.940. The van der Waals surface area contributed by atoms with Crippen LogP contribution in [0.15, 0.2) is 5.38 Å². The summed E-state index contributed by atoms with van der Waals surface area (Å²) in [4.78, 5) is 18.4. The normalized spacial score (nSPS) is 10.9. The van der Waals surface area contributed by atoms with Crippen LogP contribution in [-0.2, 0) is 6.42 Å². The number of carbonyl (C=O) groups excluding carboxylic acids is 1. The Morgan fingerprint density at radius 1 is 1.59 bits per heavy atom. The zero-order valence-electron chi connectivity index (χ0n) is 10.8. The Labute approximate surface area is 107 Å². The standard InChI is InChI=1S/C12H21N3OS/c1-4-7-15(9(2)3)12(16)10-8-17-11(14-10)5-6-13/h8-9H,4-7,13H2,1-3H3. The van der Waals surface area contributed by atoms with E-state index < -0.39 is 0 Å². The Balaban J connectivity index is 2.78. The third-order valence-corrected chi connectivity index (χ3v) is 3.39. The van der Waals surface area contributed by atoms with Crippen molar-refractivity contribution in [1.82, 2.24) is 9.88 Å². The molecule has 0 aliphatic heterocycles. The van der Waals surface area contributed by atoms with Gasteiger partial charge in [0, 0.05) is 24.4 Å². The molecule has 5 heteroatoms. The van der Waals surface area contributed by atoms with Crippen molar-refractivity contribution < 1.29 is 4.79 Å². The molecule has 0 saturated heterocycles. The van der Waals surface area contributed by atoms with E-state index in [9.17, 15) is 4.79 Å². The van der Waals surface area contributed by atoms with Crippen LogP contribution in [0.1, 0.15) is 42.7 Å². The summed E-state index contributed by atoms with van der Waals surface area (Å²) in [6.07, 6.45) is 1.71. The van der Waals surface area contributed by atoms with E-state index in [1.807, 2.05) is 24.1 Å². The summed E-state index contributed by atoms with van der Waals surface area (Å²) < 4.78 is 0. The number of amides is 1. The van der Waals surface area contributed by atoms with Gasteiger partial charge in [-0.2, -0.15) is 0 Å². The van der Waals surface area contributed by atoms with Crippen LogP contribution in [-0.4, -0.2) is 34.9 Å². The van der Waals surface area contributed by atoms with E-state index in [1.54, 1.807) is 0 Å². The maximum Gasteiger partial charge on any atom is 0.273 e. The van der Waals surface area contributed by atoms with E-state index in [0.29, 0.717) is 12.2 Å². The highest BCUT2D eigenvalue weighted by atomic mass is 32.1. The van der Waals surface area contributed by atoms with Gasteiger partial charge in [-0.05, 0) is 26.8 Å². The zero-order valence-corrected chi connectivity index (χ0v) is 11.6. The zero-order chi connectivity index (χ0) is 12.8. The molecule has 2 N–H and O–H groups in total. The molecular weight excluding hydrogens is 234 g/mol. The van der Waals surface area contributed by atoms with Crippen LogP contribution in [0.2, 0.25) is 0 Å². The van der Waals surface area contributed by atoms with Crippen molar-refractivity contribution in [1.29, 1.82) is 0 Å². The lowest BCUT2D eigenvalue weighted by Crippen LogP contribution is -2.37. The Kier molecular flexibility index (Phi) is 5.58. The second-order valence-electron chi connectivity index (χ2n) is 4.26. The third-order valence-electron chi connectivity index (χ3n) is 2.48. The lowest BCUT2D eigenvalue weighted by atomic mass is 10.2. The van der Waals surface area contributed by atoms with Crippen molar-refractivity contribution in [2.75, 3.05) is 13.1 Å². The lowest BCUT2D eigenvalue weighted by molar-refractivity contribution is 0.0700. The van der Waals surface area contributed by atoms with Crippen molar-refractivity contribution >= 4 is 17.2 Å². The molecule has 96 valence electrons. The number of hydrogen-bond donors (Lipinski definition) is 1. The molecular formula is C12H21N3OS. The highest BCUT2D eigenvalue weighted by Gasteiger charge is 2.20. The second kappa shape index (κ2) is 6.71. The first-order chi connectivity index (χ1) is 8.10. The molecule has 0 radical (unpaired) electrons. The molecule has 0 aromatic carbocycles. The van der Waals surface area contributed by atoms with Gasteiger partial charge in [0.2, 0.25) is 0 Å². The van der Waals surface area contributed by atoms with Gasteiger partial charge < -0.3 is 10.6 Å². The van der Waals surface area contributed by atoms with Gasteiger partial charge in [-0.1, -0.05) is 6.92 Å². The number of hydrogen-bond acceptors (Lipinski definition) is 4. The van der Waals surface area contributed by atoms with Crippen LogP contribution >= 0.6 is 11.3 Å². The van der Waals surface area contributed by atoms with E-state index in [1.165, 1.54) is 11.3 Å². The van der Waals surface area contributed by atoms with Gasteiger partial charge in [0.05, 0.1) is 5.01 Å². The van der Waals surface area contributed by atoms with E-state index in [0.717, 1.165) is 24.4 Å². The molecule has 1 amide bonds. The summed E-state index contributed by atoms with van der Waals surface area (Å²) in [5.74, 6) is 0.0290. The van der Waals surface area contributed by atoms with Crippen molar-refractivity contribution in [3.63, 3.8) is 0 Å². The van der Waals surface area contributed by atoms with Gasteiger partial charge >= 0.3 is 0 Å². The average molecular weight is 255 g/mol. The predicted molar refractivity (Wildman–Crippen MR) is 71.3 cm³/mol. The van der Waals surface area contributed by atoms with Gasteiger partial charge in [0.25, 0.3) is 5.91 Å². The number of thiazole rings is 1. The van der Waals surface area contributed by atoms with Gasteiger partial charge in [-0.15, -0.1) is 11.3 Å². The van der Waals surface area contributed by atoms with E-state index in [-0.39, 0.29) is 11.9 Å². The molecule has 0 atom stereocenters. The first-order valence-electron chi connectivity index (χ1n) is 6.05. The van der Waals surface area contributed by atoms with Crippen molar-refractivity contribution in [2.24, 2.45) is 5.73 Å². The molecule has 0 unspecified atom stereocenters. The molecule has 1 rings (SSSR count). The highest BCUT2D eigenvalue weighted by molar-refractivity contribution is 7.09. The topological polar surface area (TPSA) is 59.2 Å². The number of aromatic nitrogens is 1. The molecule has 0 bridgehead atoms. The van der Waals surface area contributed by atoms with Crippen LogP contribution in [0.25, 0.3) is 0 Å². The number of nitrogens with zero attached hydrogens (tertiary/aromatic N) is 2. The van der Waals surface area contributed by atoms with Crippen LogP contribution in [0.4, 0.5) is 0 Å². The first kappa shape index (κ1) is 14.1. The molecule has 0 aliphatic carbocycles. The molecule has 0 saturated carbocycles. The van der Waals surface area contributed by atoms with Crippen molar-refractivity contribution in [3.05, 3.63) is 16.1 Å². The van der Waals surface area contributed by atoms with Crippen LogP contribution in [0, 0.1) is 0 Å². The third kappa shape index (κ3) is 3.78. The monoisotopic (exact) mass is 255 g/mol. The molecule has 1 heterocycles. The fraction of sp³-hybridized carbons (Fsp3) is 0.667. The van der Waals surface area contributed by atoms with E-state index >= 15 is 0 Å². The lowest BCUT2D eigenvalue weighted by Gasteiger charge is -2.25.